The van der Waals surface area contributed by atoms with Crippen molar-refractivity contribution in [3.05, 3.63) is 70.2 Å². The van der Waals surface area contributed by atoms with Crippen LogP contribution in [0.4, 0.5) is 8.78 Å². The lowest BCUT2D eigenvalue weighted by atomic mass is 10.1. The summed E-state index contributed by atoms with van der Waals surface area (Å²) in [6.45, 7) is 3.66. The van der Waals surface area contributed by atoms with E-state index in [0.29, 0.717) is 5.02 Å². The van der Waals surface area contributed by atoms with Gasteiger partial charge in [-0.3, -0.25) is 4.79 Å². The number of carbonyl (C=O) groups is 1. The van der Waals surface area contributed by atoms with Gasteiger partial charge in [0.05, 0.1) is 12.6 Å². The van der Waals surface area contributed by atoms with E-state index in [1.807, 2.05) is 19.1 Å². The summed E-state index contributed by atoms with van der Waals surface area (Å²) in [5.41, 5.74) is 1.25. The Hall–Kier alpha value is -1.98. The molecule has 1 amide bonds. The van der Waals surface area contributed by atoms with Crippen LogP contribution in [-0.4, -0.2) is 12.5 Å². The number of halogens is 3. The molecule has 0 unspecified atom stereocenters. The van der Waals surface area contributed by atoms with Crippen LogP contribution in [0.3, 0.4) is 0 Å². The molecule has 0 aliphatic rings. The third kappa shape index (κ3) is 5.01. The minimum atomic E-state index is -0.676. The maximum atomic E-state index is 13.7. The van der Waals surface area contributed by atoms with Crippen LogP contribution in [0.25, 0.3) is 0 Å². The molecule has 0 spiro atoms. The Kier molecular flexibility index (Phi) is 6.29. The second-order valence-corrected chi connectivity index (χ2v) is 6.05. The first-order valence-corrected chi connectivity index (χ1v) is 7.97. The summed E-state index contributed by atoms with van der Waals surface area (Å²) in [6, 6.07) is 10.1. The minimum Gasteiger partial charge on any atom is -0.348 e. The largest absolute Gasteiger partial charge is 0.348 e. The summed E-state index contributed by atoms with van der Waals surface area (Å²) in [5, 5.41) is 6.43. The molecule has 2 aromatic carbocycles. The topological polar surface area (TPSA) is 41.1 Å². The quantitative estimate of drug-likeness (QED) is 0.820. The third-order valence-electron chi connectivity index (χ3n) is 3.75. The van der Waals surface area contributed by atoms with Gasteiger partial charge in [0.15, 0.2) is 0 Å². The summed E-state index contributed by atoms with van der Waals surface area (Å²) < 4.78 is 26.6. The van der Waals surface area contributed by atoms with Crippen molar-refractivity contribution in [2.75, 3.05) is 6.54 Å². The molecule has 2 N–H and O–H groups in total. The van der Waals surface area contributed by atoms with Crippen molar-refractivity contribution in [3.63, 3.8) is 0 Å². The Labute approximate surface area is 145 Å². The second kappa shape index (κ2) is 8.22. The molecule has 2 atom stereocenters. The summed E-state index contributed by atoms with van der Waals surface area (Å²) in [7, 11) is 0. The number of hydrogen-bond donors (Lipinski definition) is 2. The van der Waals surface area contributed by atoms with Crippen molar-refractivity contribution < 1.29 is 13.6 Å². The van der Waals surface area contributed by atoms with E-state index in [2.05, 4.69) is 10.6 Å². The maximum Gasteiger partial charge on any atom is 0.234 e. The first-order chi connectivity index (χ1) is 11.4. The highest BCUT2D eigenvalue weighted by Gasteiger charge is 2.15. The van der Waals surface area contributed by atoms with E-state index in [1.54, 1.807) is 19.1 Å². The van der Waals surface area contributed by atoms with Crippen molar-refractivity contribution in [2.45, 2.75) is 25.9 Å². The van der Waals surface area contributed by atoms with Gasteiger partial charge in [0.25, 0.3) is 0 Å². The molecule has 2 aromatic rings. The lowest BCUT2D eigenvalue weighted by Gasteiger charge is -2.18. The average molecular weight is 353 g/mol. The lowest BCUT2D eigenvalue weighted by Crippen LogP contribution is -2.36. The first-order valence-electron chi connectivity index (χ1n) is 7.60. The molecule has 128 valence electrons. The monoisotopic (exact) mass is 352 g/mol. The van der Waals surface area contributed by atoms with Gasteiger partial charge >= 0.3 is 0 Å². The average Bonchev–Trinajstić information content (AvgIpc) is 2.53. The highest BCUT2D eigenvalue weighted by Crippen LogP contribution is 2.18. The van der Waals surface area contributed by atoms with Gasteiger partial charge < -0.3 is 10.6 Å². The van der Waals surface area contributed by atoms with Crippen LogP contribution in [-0.2, 0) is 4.79 Å². The molecule has 0 heterocycles. The molecule has 3 nitrogen and oxygen atoms in total. The van der Waals surface area contributed by atoms with Gasteiger partial charge in [0, 0.05) is 22.7 Å². The Morgan fingerprint density at radius 1 is 1.08 bits per heavy atom. The lowest BCUT2D eigenvalue weighted by molar-refractivity contribution is -0.121. The molecular weight excluding hydrogens is 334 g/mol. The van der Waals surface area contributed by atoms with Crippen molar-refractivity contribution in [1.29, 1.82) is 0 Å². The number of rotatable bonds is 6. The van der Waals surface area contributed by atoms with E-state index in [9.17, 15) is 13.6 Å². The molecule has 2 rings (SSSR count). The van der Waals surface area contributed by atoms with Crippen molar-refractivity contribution in [2.24, 2.45) is 0 Å². The van der Waals surface area contributed by atoms with E-state index in [1.165, 1.54) is 12.1 Å². The van der Waals surface area contributed by atoms with Crippen LogP contribution < -0.4 is 10.6 Å². The Bertz CT molecular complexity index is 707. The smallest absolute Gasteiger partial charge is 0.234 e. The number of carbonyl (C=O) groups excluding carboxylic acids is 1. The summed E-state index contributed by atoms with van der Waals surface area (Å²) in [6.07, 6.45) is 0. The Morgan fingerprint density at radius 2 is 1.75 bits per heavy atom. The summed E-state index contributed by atoms with van der Waals surface area (Å²) >= 11 is 5.84. The van der Waals surface area contributed by atoms with Gasteiger partial charge in [-0.2, -0.15) is 0 Å². The zero-order valence-corrected chi connectivity index (χ0v) is 14.2. The molecule has 0 bridgehead atoms. The summed E-state index contributed by atoms with van der Waals surface area (Å²) in [4.78, 5) is 12.0. The zero-order valence-electron chi connectivity index (χ0n) is 13.4. The van der Waals surface area contributed by atoms with Crippen molar-refractivity contribution in [3.8, 4) is 0 Å². The fourth-order valence-corrected chi connectivity index (χ4v) is 2.46. The SMILES string of the molecule is C[C@@H](NCC(=O)N[C@H](C)c1ccc(F)cc1F)c1ccc(Cl)cc1. The van der Waals surface area contributed by atoms with Crippen LogP contribution >= 0.6 is 11.6 Å². The molecule has 0 aliphatic heterocycles. The van der Waals surface area contributed by atoms with Gasteiger partial charge in [-0.15, -0.1) is 0 Å². The van der Waals surface area contributed by atoms with Crippen molar-refractivity contribution >= 4 is 17.5 Å². The Morgan fingerprint density at radius 3 is 2.38 bits per heavy atom. The zero-order chi connectivity index (χ0) is 17.7. The highest BCUT2D eigenvalue weighted by atomic mass is 35.5. The second-order valence-electron chi connectivity index (χ2n) is 5.61. The maximum absolute atomic E-state index is 13.7. The minimum absolute atomic E-state index is 0.0362. The number of benzene rings is 2. The molecule has 0 saturated carbocycles. The van der Waals surface area contributed by atoms with E-state index in [4.69, 9.17) is 11.6 Å². The molecule has 0 aliphatic carbocycles. The van der Waals surface area contributed by atoms with E-state index in [-0.39, 0.29) is 24.1 Å². The van der Waals surface area contributed by atoms with Crippen LogP contribution in [0.15, 0.2) is 42.5 Å². The number of amides is 1. The van der Waals surface area contributed by atoms with Gasteiger partial charge in [0.1, 0.15) is 11.6 Å². The standard InChI is InChI=1S/C18H19ClF2N2O/c1-11(13-3-5-14(19)6-4-13)22-10-18(24)23-12(2)16-8-7-15(20)9-17(16)21/h3-9,11-12,22H,10H2,1-2H3,(H,23,24)/t11-,12-/m1/s1. The van der Waals surface area contributed by atoms with E-state index in [0.717, 1.165) is 11.6 Å². The van der Waals surface area contributed by atoms with Crippen molar-refractivity contribution in [1.82, 2.24) is 10.6 Å². The van der Waals surface area contributed by atoms with Gasteiger partial charge in [0.2, 0.25) is 5.91 Å². The highest BCUT2D eigenvalue weighted by molar-refractivity contribution is 6.30. The molecule has 0 aromatic heterocycles. The molecule has 6 heteroatoms. The van der Waals surface area contributed by atoms with Crippen LogP contribution in [0.2, 0.25) is 5.02 Å². The van der Waals surface area contributed by atoms with E-state index < -0.39 is 17.7 Å². The molecule has 0 radical (unpaired) electrons. The van der Waals surface area contributed by atoms with Crippen LogP contribution in [0.5, 0.6) is 0 Å². The molecule has 0 saturated heterocycles. The summed E-state index contributed by atoms with van der Waals surface area (Å²) in [5.74, 6) is -1.59. The fourth-order valence-electron chi connectivity index (χ4n) is 2.34. The fraction of sp³-hybridized carbons (Fsp3) is 0.278. The van der Waals surface area contributed by atoms with E-state index >= 15 is 0 Å². The van der Waals surface area contributed by atoms with Crippen LogP contribution in [0.1, 0.15) is 37.1 Å². The van der Waals surface area contributed by atoms with Gasteiger partial charge in [-0.25, -0.2) is 8.78 Å². The number of hydrogen-bond acceptors (Lipinski definition) is 2. The predicted molar refractivity (Wildman–Crippen MR) is 90.8 cm³/mol. The first kappa shape index (κ1) is 18.4. The molecular formula is C18H19ClF2N2O. The Balaban J connectivity index is 1.87. The predicted octanol–water partition coefficient (Wildman–Crippen LogP) is 4.15. The van der Waals surface area contributed by atoms with Gasteiger partial charge in [-0.05, 0) is 37.6 Å². The van der Waals surface area contributed by atoms with Gasteiger partial charge in [-0.1, -0.05) is 29.8 Å². The normalized spacial score (nSPS) is 13.4. The van der Waals surface area contributed by atoms with Crippen LogP contribution in [0, 0.1) is 11.6 Å². The molecule has 0 fully saturated rings. The molecule has 24 heavy (non-hydrogen) atoms. The third-order valence-corrected chi connectivity index (χ3v) is 4.00. The number of nitrogens with one attached hydrogen (secondary N) is 2.